The summed E-state index contributed by atoms with van der Waals surface area (Å²) in [5, 5.41) is 3.46. The van der Waals surface area contributed by atoms with Crippen LogP contribution in [0.25, 0.3) is 0 Å². The molecule has 2 nitrogen and oxygen atoms in total. The van der Waals surface area contributed by atoms with Crippen LogP contribution in [-0.4, -0.2) is 6.54 Å². The van der Waals surface area contributed by atoms with Gasteiger partial charge in [-0.05, 0) is 29.7 Å². The van der Waals surface area contributed by atoms with Gasteiger partial charge in [-0.15, -0.1) is 0 Å². The van der Waals surface area contributed by atoms with Crippen LogP contribution < -0.4 is 5.32 Å². The summed E-state index contributed by atoms with van der Waals surface area (Å²) in [7, 11) is 0. The third kappa shape index (κ3) is 1.54. The van der Waals surface area contributed by atoms with Gasteiger partial charge in [0.25, 0.3) is 0 Å². The number of nitrogens with one attached hydrogen (secondary N) is 1. The molecule has 2 aliphatic heterocycles. The summed E-state index contributed by atoms with van der Waals surface area (Å²) in [6.45, 7) is 3.27. The topological polar surface area (TPSA) is 21.3 Å². The third-order valence-corrected chi connectivity index (χ3v) is 3.31. The molecule has 0 saturated heterocycles. The van der Waals surface area contributed by atoms with Crippen molar-refractivity contribution in [3.8, 4) is 0 Å². The number of unbranched alkanes of at least 4 members (excludes halogenated alkanes) is 1. The lowest BCUT2D eigenvalue weighted by molar-refractivity contribution is 0.0879. The van der Waals surface area contributed by atoms with Gasteiger partial charge < -0.3 is 10.1 Å². The molecule has 2 heterocycles. The molecule has 0 aliphatic carbocycles. The van der Waals surface area contributed by atoms with Crippen LogP contribution in [0.2, 0.25) is 0 Å². The fourth-order valence-electron chi connectivity index (χ4n) is 2.40. The highest BCUT2D eigenvalue weighted by Crippen LogP contribution is 2.46. The standard InChI is InChI=1S/C14H17NO/c1-2-3-8-15-10-4-5-11-12(9-10)14-7-6-13(11)16-14/h4-7,9,13-15H,2-3,8H2,1H3. The summed E-state index contributed by atoms with van der Waals surface area (Å²) in [5.41, 5.74) is 3.90. The highest BCUT2D eigenvalue weighted by molar-refractivity contribution is 5.54. The van der Waals surface area contributed by atoms with Crippen LogP contribution in [0.1, 0.15) is 43.1 Å². The fraction of sp³-hybridized carbons (Fsp3) is 0.429. The highest BCUT2D eigenvalue weighted by atomic mass is 16.5. The van der Waals surface area contributed by atoms with Crippen LogP contribution in [0, 0.1) is 0 Å². The molecule has 0 fully saturated rings. The first-order valence-electron chi connectivity index (χ1n) is 6.10. The molecular formula is C14H17NO. The Balaban J connectivity index is 1.77. The van der Waals surface area contributed by atoms with E-state index in [0.29, 0.717) is 0 Å². The van der Waals surface area contributed by atoms with E-state index in [2.05, 4.69) is 42.6 Å². The van der Waals surface area contributed by atoms with Crippen molar-refractivity contribution in [3.05, 3.63) is 41.5 Å². The second kappa shape index (κ2) is 3.95. The van der Waals surface area contributed by atoms with Gasteiger partial charge in [-0.3, -0.25) is 0 Å². The van der Waals surface area contributed by atoms with Crippen molar-refractivity contribution >= 4 is 5.69 Å². The van der Waals surface area contributed by atoms with E-state index in [0.717, 1.165) is 6.54 Å². The molecule has 0 saturated carbocycles. The van der Waals surface area contributed by atoms with Gasteiger partial charge in [0.1, 0.15) is 12.2 Å². The van der Waals surface area contributed by atoms with Gasteiger partial charge in [0.2, 0.25) is 0 Å². The molecule has 2 heteroatoms. The molecule has 0 aromatic heterocycles. The molecule has 2 unspecified atom stereocenters. The average molecular weight is 215 g/mol. The maximum atomic E-state index is 5.78. The first-order valence-corrected chi connectivity index (χ1v) is 6.10. The van der Waals surface area contributed by atoms with E-state index in [9.17, 15) is 0 Å². The lowest BCUT2D eigenvalue weighted by atomic mass is 9.96. The van der Waals surface area contributed by atoms with Gasteiger partial charge >= 0.3 is 0 Å². The lowest BCUT2D eigenvalue weighted by Crippen LogP contribution is -2.02. The third-order valence-electron chi connectivity index (χ3n) is 3.31. The van der Waals surface area contributed by atoms with Crippen molar-refractivity contribution in [1.29, 1.82) is 0 Å². The SMILES string of the molecule is CCCCNc1ccc2c(c1)C1C=CC2O1. The summed E-state index contributed by atoms with van der Waals surface area (Å²) < 4.78 is 5.78. The number of hydrogen-bond acceptors (Lipinski definition) is 2. The first kappa shape index (κ1) is 9.91. The molecule has 84 valence electrons. The molecule has 2 bridgehead atoms. The Morgan fingerprint density at radius 2 is 2.00 bits per heavy atom. The van der Waals surface area contributed by atoms with Gasteiger partial charge in [0.05, 0.1) is 0 Å². The largest absolute Gasteiger partial charge is 0.385 e. The summed E-state index contributed by atoms with van der Waals surface area (Å²) in [5.74, 6) is 0. The number of anilines is 1. The Labute approximate surface area is 96.3 Å². The molecule has 1 aromatic rings. The minimum atomic E-state index is 0.202. The van der Waals surface area contributed by atoms with Crippen LogP contribution >= 0.6 is 0 Å². The Morgan fingerprint density at radius 1 is 1.19 bits per heavy atom. The van der Waals surface area contributed by atoms with Crippen molar-refractivity contribution < 1.29 is 4.74 Å². The van der Waals surface area contributed by atoms with Crippen molar-refractivity contribution in [3.63, 3.8) is 0 Å². The predicted molar refractivity (Wildman–Crippen MR) is 65.5 cm³/mol. The number of benzene rings is 1. The number of rotatable bonds is 4. The van der Waals surface area contributed by atoms with E-state index < -0.39 is 0 Å². The Hall–Kier alpha value is -1.28. The van der Waals surface area contributed by atoms with Crippen LogP contribution in [0.4, 0.5) is 5.69 Å². The molecule has 0 spiro atoms. The summed E-state index contributed by atoms with van der Waals surface area (Å²) >= 11 is 0. The molecule has 2 atom stereocenters. The van der Waals surface area contributed by atoms with E-state index in [1.807, 2.05) is 0 Å². The Kier molecular flexibility index (Phi) is 2.44. The monoisotopic (exact) mass is 215 g/mol. The Morgan fingerprint density at radius 3 is 2.81 bits per heavy atom. The van der Waals surface area contributed by atoms with Gasteiger partial charge in [-0.2, -0.15) is 0 Å². The summed E-state index contributed by atoms with van der Waals surface area (Å²) in [4.78, 5) is 0. The normalized spacial score (nSPS) is 24.8. The zero-order chi connectivity index (χ0) is 11.0. The van der Waals surface area contributed by atoms with E-state index in [4.69, 9.17) is 4.74 Å². The molecule has 0 radical (unpaired) electrons. The number of fused-ring (bicyclic) bond motifs is 5. The van der Waals surface area contributed by atoms with E-state index >= 15 is 0 Å². The maximum Gasteiger partial charge on any atom is 0.102 e. The summed E-state index contributed by atoms with van der Waals surface area (Å²) in [6.07, 6.45) is 7.17. The van der Waals surface area contributed by atoms with Crippen LogP contribution in [0.5, 0.6) is 0 Å². The van der Waals surface area contributed by atoms with Gasteiger partial charge in [-0.25, -0.2) is 0 Å². The second-order valence-corrected chi connectivity index (χ2v) is 4.49. The van der Waals surface area contributed by atoms with Crippen molar-refractivity contribution in [2.75, 3.05) is 11.9 Å². The van der Waals surface area contributed by atoms with Crippen LogP contribution in [0.3, 0.4) is 0 Å². The van der Waals surface area contributed by atoms with Crippen molar-refractivity contribution in [2.45, 2.75) is 32.0 Å². The van der Waals surface area contributed by atoms with Crippen molar-refractivity contribution in [1.82, 2.24) is 0 Å². The van der Waals surface area contributed by atoms with E-state index in [-0.39, 0.29) is 12.2 Å². The van der Waals surface area contributed by atoms with Crippen LogP contribution in [0.15, 0.2) is 30.4 Å². The van der Waals surface area contributed by atoms with Crippen LogP contribution in [-0.2, 0) is 4.74 Å². The van der Waals surface area contributed by atoms with E-state index in [1.165, 1.54) is 29.7 Å². The summed E-state index contributed by atoms with van der Waals surface area (Å²) in [6, 6.07) is 6.59. The van der Waals surface area contributed by atoms with Crippen molar-refractivity contribution in [2.24, 2.45) is 0 Å². The molecule has 0 amide bonds. The minimum Gasteiger partial charge on any atom is -0.385 e. The number of ether oxygens (including phenoxy) is 1. The zero-order valence-electron chi connectivity index (χ0n) is 9.57. The smallest absolute Gasteiger partial charge is 0.102 e. The van der Waals surface area contributed by atoms with Gasteiger partial charge in [0.15, 0.2) is 0 Å². The minimum absolute atomic E-state index is 0.202. The maximum absolute atomic E-state index is 5.78. The number of hydrogen-bond donors (Lipinski definition) is 1. The average Bonchev–Trinajstić information content (AvgIpc) is 2.90. The molecule has 1 N–H and O–H groups in total. The molecule has 16 heavy (non-hydrogen) atoms. The fourth-order valence-corrected chi connectivity index (χ4v) is 2.40. The molecule has 3 rings (SSSR count). The van der Waals surface area contributed by atoms with Gasteiger partial charge in [0, 0.05) is 12.2 Å². The Bertz CT molecular complexity index is 425. The molecule has 1 aromatic carbocycles. The van der Waals surface area contributed by atoms with Gasteiger partial charge in [-0.1, -0.05) is 31.6 Å². The lowest BCUT2D eigenvalue weighted by Gasteiger charge is -2.11. The highest BCUT2D eigenvalue weighted by Gasteiger charge is 2.33. The second-order valence-electron chi connectivity index (χ2n) is 4.49. The zero-order valence-corrected chi connectivity index (χ0v) is 9.57. The quantitative estimate of drug-likeness (QED) is 0.612. The first-order chi connectivity index (χ1) is 7.88. The molecular weight excluding hydrogens is 198 g/mol. The molecule has 2 aliphatic rings. The predicted octanol–water partition coefficient (Wildman–Crippen LogP) is 3.58. The van der Waals surface area contributed by atoms with E-state index in [1.54, 1.807) is 0 Å².